The smallest absolute Gasteiger partial charge is 0.0614 e. The second-order valence-electron chi connectivity index (χ2n) is 3.21. The maximum atomic E-state index is 4.30. The summed E-state index contributed by atoms with van der Waals surface area (Å²) in [6.07, 6.45) is 0. The lowest BCUT2D eigenvalue weighted by Gasteiger charge is -2.29. The molecule has 1 aliphatic rings. The van der Waals surface area contributed by atoms with Crippen LogP contribution < -0.4 is 0 Å². The molecule has 3 heteroatoms. The van der Waals surface area contributed by atoms with E-state index in [0.29, 0.717) is 10.9 Å². The highest BCUT2D eigenvalue weighted by molar-refractivity contribution is 8.00. The molecule has 1 heterocycles. The molecule has 0 aromatic rings. The van der Waals surface area contributed by atoms with Crippen LogP contribution >= 0.6 is 24.4 Å². The van der Waals surface area contributed by atoms with Crippen molar-refractivity contribution in [3.05, 3.63) is 0 Å². The van der Waals surface area contributed by atoms with Crippen LogP contribution in [0.15, 0.2) is 0 Å². The fraction of sp³-hybridized carbons (Fsp3) is 1.00. The van der Waals surface area contributed by atoms with Crippen LogP contribution in [0.1, 0.15) is 13.8 Å². The van der Waals surface area contributed by atoms with Gasteiger partial charge in [0.2, 0.25) is 0 Å². The minimum Gasteiger partial charge on any atom is -0.288 e. The summed E-state index contributed by atoms with van der Waals surface area (Å²) < 4.78 is 0. The van der Waals surface area contributed by atoms with Gasteiger partial charge < -0.3 is 0 Å². The van der Waals surface area contributed by atoms with E-state index in [9.17, 15) is 0 Å². The molecule has 0 N–H and O–H groups in total. The molecule has 0 aromatic carbocycles. The molecule has 0 bridgehead atoms. The van der Waals surface area contributed by atoms with Crippen molar-refractivity contribution in [3.8, 4) is 0 Å². The summed E-state index contributed by atoms with van der Waals surface area (Å²) >= 11 is 6.32. The Balaban J connectivity index is 2.58. The molecular weight excluding hydrogens is 162 g/mol. The molecule has 1 aliphatic heterocycles. The van der Waals surface area contributed by atoms with Gasteiger partial charge in [-0.25, -0.2) is 0 Å². The summed E-state index contributed by atoms with van der Waals surface area (Å²) in [6.45, 7) is 4.53. The minimum absolute atomic E-state index is 0.327. The maximum absolute atomic E-state index is 4.30. The van der Waals surface area contributed by atoms with E-state index < -0.39 is 0 Å². The van der Waals surface area contributed by atoms with Crippen molar-refractivity contribution in [1.82, 2.24) is 4.90 Å². The Morgan fingerprint density at radius 3 is 2.50 bits per heavy atom. The Labute approximate surface area is 73.0 Å². The van der Waals surface area contributed by atoms with Crippen molar-refractivity contribution >= 4 is 24.4 Å². The van der Waals surface area contributed by atoms with Gasteiger partial charge in [0.1, 0.15) is 0 Å². The summed E-state index contributed by atoms with van der Waals surface area (Å²) in [4.78, 5) is 2.73. The number of hydrogen-bond donors (Lipinski definition) is 1. The average molecular weight is 177 g/mol. The van der Waals surface area contributed by atoms with Gasteiger partial charge in [0.25, 0.3) is 0 Å². The SMILES string of the molecule is CN1C(CS)CSC1(C)C. The monoisotopic (exact) mass is 177 g/mol. The lowest BCUT2D eigenvalue weighted by Crippen LogP contribution is -2.39. The van der Waals surface area contributed by atoms with Gasteiger partial charge in [-0.3, -0.25) is 4.90 Å². The van der Waals surface area contributed by atoms with E-state index in [2.05, 4.69) is 38.4 Å². The molecule has 0 aromatic heterocycles. The molecule has 1 atom stereocenters. The van der Waals surface area contributed by atoms with E-state index >= 15 is 0 Å². The molecule has 0 spiro atoms. The highest BCUT2D eigenvalue weighted by atomic mass is 32.2. The van der Waals surface area contributed by atoms with Crippen LogP contribution in [0.25, 0.3) is 0 Å². The topological polar surface area (TPSA) is 3.24 Å². The Morgan fingerprint density at radius 2 is 2.30 bits per heavy atom. The van der Waals surface area contributed by atoms with E-state index in [-0.39, 0.29) is 0 Å². The van der Waals surface area contributed by atoms with Crippen LogP contribution in [0, 0.1) is 0 Å². The number of rotatable bonds is 1. The fourth-order valence-corrected chi connectivity index (χ4v) is 2.97. The predicted octanol–water partition coefficient (Wildman–Crippen LogP) is 1.70. The van der Waals surface area contributed by atoms with Crippen molar-refractivity contribution in [2.24, 2.45) is 0 Å². The standard InChI is InChI=1S/C7H15NS2/c1-7(2)8(3)6(4-9)5-10-7/h6,9H,4-5H2,1-3H3. The Morgan fingerprint density at radius 1 is 1.70 bits per heavy atom. The van der Waals surface area contributed by atoms with Gasteiger partial charge in [-0.2, -0.15) is 12.6 Å². The Kier molecular flexibility index (Phi) is 2.59. The minimum atomic E-state index is 0.327. The van der Waals surface area contributed by atoms with Gasteiger partial charge in [0, 0.05) is 17.5 Å². The molecular formula is C7H15NS2. The first-order valence-electron chi connectivity index (χ1n) is 3.55. The summed E-state index contributed by atoms with van der Waals surface area (Å²) in [5.74, 6) is 2.21. The zero-order valence-corrected chi connectivity index (χ0v) is 8.51. The van der Waals surface area contributed by atoms with Crippen molar-refractivity contribution in [2.75, 3.05) is 18.6 Å². The summed E-state index contributed by atoms with van der Waals surface area (Å²) in [7, 11) is 2.18. The van der Waals surface area contributed by atoms with Gasteiger partial charge in [-0.15, -0.1) is 11.8 Å². The molecule has 1 rings (SSSR count). The first kappa shape index (κ1) is 8.75. The molecule has 0 amide bonds. The van der Waals surface area contributed by atoms with Gasteiger partial charge in [0.05, 0.1) is 4.87 Å². The van der Waals surface area contributed by atoms with Crippen LogP contribution in [0.2, 0.25) is 0 Å². The van der Waals surface area contributed by atoms with Crippen molar-refractivity contribution in [3.63, 3.8) is 0 Å². The van der Waals surface area contributed by atoms with E-state index in [0.717, 1.165) is 5.75 Å². The van der Waals surface area contributed by atoms with E-state index in [1.807, 2.05) is 11.8 Å². The highest BCUT2D eigenvalue weighted by Crippen LogP contribution is 2.37. The normalized spacial score (nSPS) is 33.0. The van der Waals surface area contributed by atoms with Gasteiger partial charge in [-0.05, 0) is 20.9 Å². The van der Waals surface area contributed by atoms with Crippen molar-refractivity contribution in [2.45, 2.75) is 24.8 Å². The number of thioether (sulfide) groups is 1. The molecule has 10 heavy (non-hydrogen) atoms. The maximum Gasteiger partial charge on any atom is 0.0614 e. The third-order valence-electron chi connectivity index (χ3n) is 2.24. The number of nitrogens with zero attached hydrogens (tertiary/aromatic N) is 1. The molecule has 1 fully saturated rings. The van der Waals surface area contributed by atoms with E-state index in [1.165, 1.54) is 5.75 Å². The fourth-order valence-electron chi connectivity index (χ4n) is 1.13. The third kappa shape index (κ3) is 1.46. The number of thiol groups is 1. The first-order valence-corrected chi connectivity index (χ1v) is 5.17. The average Bonchev–Trinajstić information content (AvgIpc) is 2.10. The second-order valence-corrected chi connectivity index (χ2v) is 5.19. The van der Waals surface area contributed by atoms with Gasteiger partial charge >= 0.3 is 0 Å². The lowest BCUT2D eigenvalue weighted by molar-refractivity contribution is 0.222. The van der Waals surface area contributed by atoms with Crippen LogP contribution in [0.5, 0.6) is 0 Å². The zero-order valence-electron chi connectivity index (χ0n) is 6.79. The van der Waals surface area contributed by atoms with Crippen LogP contribution in [-0.2, 0) is 0 Å². The van der Waals surface area contributed by atoms with Crippen LogP contribution in [-0.4, -0.2) is 34.4 Å². The summed E-state index contributed by atoms with van der Waals surface area (Å²) in [6, 6.07) is 0.670. The predicted molar refractivity (Wildman–Crippen MR) is 51.9 cm³/mol. The molecule has 1 unspecified atom stereocenters. The van der Waals surface area contributed by atoms with Crippen molar-refractivity contribution < 1.29 is 0 Å². The Hall–Kier alpha value is 0.660. The van der Waals surface area contributed by atoms with E-state index in [4.69, 9.17) is 0 Å². The first-order chi connectivity index (χ1) is 4.58. The molecule has 0 aliphatic carbocycles. The van der Waals surface area contributed by atoms with Gasteiger partial charge in [-0.1, -0.05) is 0 Å². The number of hydrogen-bond acceptors (Lipinski definition) is 3. The highest BCUT2D eigenvalue weighted by Gasteiger charge is 2.36. The molecule has 1 saturated heterocycles. The molecule has 0 saturated carbocycles. The van der Waals surface area contributed by atoms with Crippen molar-refractivity contribution in [1.29, 1.82) is 0 Å². The summed E-state index contributed by atoms with van der Waals surface area (Å²) in [5.41, 5.74) is 0. The Bertz CT molecular complexity index is 125. The van der Waals surface area contributed by atoms with Gasteiger partial charge in [0.15, 0.2) is 0 Å². The van der Waals surface area contributed by atoms with Crippen LogP contribution in [0.4, 0.5) is 0 Å². The zero-order chi connectivity index (χ0) is 7.78. The molecule has 0 radical (unpaired) electrons. The largest absolute Gasteiger partial charge is 0.288 e. The van der Waals surface area contributed by atoms with E-state index in [1.54, 1.807) is 0 Å². The molecule has 1 nitrogen and oxygen atoms in total. The second kappa shape index (κ2) is 2.95. The van der Waals surface area contributed by atoms with Crippen LogP contribution in [0.3, 0.4) is 0 Å². The summed E-state index contributed by atoms with van der Waals surface area (Å²) in [5, 5.41) is 0. The lowest BCUT2D eigenvalue weighted by atomic mass is 10.2. The molecule has 60 valence electrons. The quantitative estimate of drug-likeness (QED) is 0.607. The third-order valence-corrected chi connectivity index (χ3v) is 4.20.